The maximum absolute atomic E-state index is 10.1. The lowest BCUT2D eigenvalue weighted by Crippen LogP contribution is -2.01. The van der Waals surface area contributed by atoms with Crippen LogP contribution < -0.4 is 0 Å². The lowest BCUT2D eigenvalue weighted by Gasteiger charge is -1.98. The average molecular weight is 163 g/mol. The second-order valence-electron chi connectivity index (χ2n) is 2.46. The summed E-state index contributed by atoms with van der Waals surface area (Å²) in [6.07, 6.45) is 0. The summed E-state index contributed by atoms with van der Waals surface area (Å²) in [5, 5.41) is 10.1. The van der Waals surface area contributed by atoms with E-state index in [0.29, 0.717) is 5.57 Å². The molecular weight excluding hydrogens is 154 g/mol. The van der Waals surface area contributed by atoms with Gasteiger partial charge in [0.2, 0.25) is 6.54 Å². The highest BCUT2D eigenvalue weighted by atomic mass is 16.6. The molecule has 12 heavy (non-hydrogen) atoms. The first-order chi connectivity index (χ1) is 5.70. The Morgan fingerprint density at radius 3 is 2.50 bits per heavy atom. The van der Waals surface area contributed by atoms with Crippen molar-refractivity contribution in [3.05, 3.63) is 52.6 Å². The molecule has 0 heterocycles. The van der Waals surface area contributed by atoms with Gasteiger partial charge in [-0.2, -0.15) is 0 Å². The second kappa shape index (κ2) is 3.67. The summed E-state index contributed by atoms with van der Waals surface area (Å²) in [4.78, 5) is 9.75. The van der Waals surface area contributed by atoms with Crippen molar-refractivity contribution >= 4 is 5.57 Å². The van der Waals surface area contributed by atoms with Crippen LogP contribution in [0.2, 0.25) is 0 Å². The first-order valence-corrected chi connectivity index (χ1v) is 3.55. The Morgan fingerprint density at radius 2 is 2.00 bits per heavy atom. The van der Waals surface area contributed by atoms with E-state index in [1.165, 1.54) is 0 Å². The van der Waals surface area contributed by atoms with Gasteiger partial charge in [-0.05, 0) is 5.56 Å². The second-order valence-corrected chi connectivity index (χ2v) is 2.46. The van der Waals surface area contributed by atoms with Crippen molar-refractivity contribution in [2.24, 2.45) is 0 Å². The minimum Gasteiger partial charge on any atom is -0.264 e. The zero-order chi connectivity index (χ0) is 8.97. The van der Waals surface area contributed by atoms with Crippen molar-refractivity contribution in [1.82, 2.24) is 0 Å². The van der Waals surface area contributed by atoms with E-state index in [9.17, 15) is 10.1 Å². The molecule has 1 rings (SSSR count). The van der Waals surface area contributed by atoms with Gasteiger partial charge in [-0.3, -0.25) is 10.1 Å². The fourth-order valence-electron chi connectivity index (χ4n) is 0.921. The molecule has 3 heteroatoms. The fourth-order valence-corrected chi connectivity index (χ4v) is 0.921. The molecule has 0 amide bonds. The normalized spacial score (nSPS) is 9.33. The molecule has 0 spiro atoms. The largest absolute Gasteiger partial charge is 0.264 e. The molecule has 3 nitrogen and oxygen atoms in total. The molecule has 1 aromatic carbocycles. The zero-order valence-electron chi connectivity index (χ0n) is 6.56. The highest BCUT2D eigenvalue weighted by molar-refractivity contribution is 5.63. The molecule has 0 saturated carbocycles. The summed E-state index contributed by atoms with van der Waals surface area (Å²) in [6, 6.07) is 9.15. The number of hydrogen-bond acceptors (Lipinski definition) is 2. The quantitative estimate of drug-likeness (QED) is 0.505. The van der Waals surface area contributed by atoms with Gasteiger partial charge in [0.1, 0.15) is 0 Å². The van der Waals surface area contributed by atoms with Crippen LogP contribution in [0.25, 0.3) is 5.57 Å². The molecule has 0 bridgehead atoms. The Hall–Kier alpha value is -1.64. The van der Waals surface area contributed by atoms with E-state index in [1.807, 2.05) is 30.3 Å². The predicted molar refractivity (Wildman–Crippen MR) is 47.3 cm³/mol. The summed E-state index contributed by atoms with van der Waals surface area (Å²) in [7, 11) is 0. The Labute approximate surface area is 70.5 Å². The number of rotatable bonds is 3. The van der Waals surface area contributed by atoms with E-state index < -0.39 is 0 Å². The molecular formula is C9H9NO2. The van der Waals surface area contributed by atoms with Crippen LogP contribution in [0.4, 0.5) is 0 Å². The summed E-state index contributed by atoms with van der Waals surface area (Å²) >= 11 is 0. The monoisotopic (exact) mass is 163 g/mol. The molecule has 0 aliphatic heterocycles. The van der Waals surface area contributed by atoms with Crippen LogP contribution in [-0.2, 0) is 0 Å². The maximum atomic E-state index is 10.1. The van der Waals surface area contributed by atoms with Crippen molar-refractivity contribution in [3.63, 3.8) is 0 Å². The molecule has 0 radical (unpaired) electrons. The summed E-state index contributed by atoms with van der Waals surface area (Å²) in [6.45, 7) is 3.43. The molecule has 0 fully saturated rings. The molecule has 0 saturated heterocycles. The first kappa shape index (κ1) is 8.46. The van der Waals surface area contributed by atoms with Crippen molar-refractivity contribution in [2.75, 3.05) is 6.54 Å². The van der Waals surface area contributed by atoms with E-state index in [0.717, 1.165) is 5.56 Å². The van der Waals surface area contributed by atoms with E-state index in [2.05, 4.69) is 6.58 Å². The Balaban J connectivity index is 2.73. The third-order valence-corrected chi connectivity index (χ3v) is 1.50. The third kappa shape index (κ3) is 2.20. The van der Waals surface area contributed by atoms with Crippen LogP contribution >= 0.6 is 0 Å². The minimum atomic E-state index is -0.380. The topological polar surface area (TPSA) is 43.1 Å². The average Bonchev–Trinajstić information content (AvgIpc) is 2.05. The minimum absolute atomic E-state index is 0.190. The lowest BCUT2D eigenvalue weighted by atomic mass is 10.1. The first-order valence-electron chi connectivity index (χ1n) is 3.55. The van der Waals surface area contributed by atoms with Gasteiger partial charge in [0.25, 0.3) is 0 Å². The SMILES string of the molecule is C=C(C[N+](=O)[O-])c1ccccc1. The van der Waals surface area contributed by atoms with Crippen LogP contribution in [-0.4, -0.2) is 11.5 Å². The Bertz CT molecular complexity index is 293. The highest BCUT2D eigenvalue weighted by Crippen LogP contribution is 2.10. The van der Waals surface area contributed by atoms with E-state index in [1.54, 1.807) is 0 Å². The standard InChI is InChI=1S/C9H9NO2/c1-8(7-10(11)12)9-5-3-2-4-6-9/h2-6H,1,7H2. The van der Waals surface area contributed by atoms with Gasteiger partial charge in [0.15, 0.2) is 0 Å². The van der Waals surface area contributed by atoms with Crippen LogP contribution in [0, 0.1) is 10.1 Å². The Morgan fingerprint density at radius 1 is 1.42 bits per heavy atom. The third-order valence-electron chi connectivity index (χ3n) is 1.50. The van der Waals surface area contributed by atoms with Crippen molar-refractivity contribution < 1.29 is 4.92 Å². The summed E-state index contributed by atoms with van der Waals surface area (Å²) < 4.78 is 0. The fraction of sp³-hybridized carbons (Fsp3) is 0.111. The van der Waals surface area contributed by atoms with Gasteiger partial charge in [-0.25, -0.2) is 0 Å². The van der Waals surface area contributed by atoms with Crippen molar-refractivity contribution in [3.8, 4) is 0 Å². The van der Waals surface area contributed by atoms with Gasteiger partial charge in [-0.15, -0.1) is 0 Å². The Kier molecular flexibility index (Phi) is 2.58. The van der Waals surface area contributed by atoms with Crippen molar-refractivity contribution in [1.29, 1.82) is 0 Å². The number of nitrogens with zero attached hydrogens (tertiary/aromatic N) is 1. The van der Waals surface area contributed by atoms with E-state index in [4.69, 9.17) is 0 Å². The predicted octanol–water partition coefficient (Wildman–Crippen LogP) is 1.98. The van der Waals surface area contributed by atoms with Gasteiger partial charge in [0.05, 0.1) is 0 Å². The van der Waals surface area contributed by atoms with Crippen LogP contribution in [0.15, 0.2) is 36.9 Å². The lowest BCUT2D eigenvalue weighted by molar-refractivity contribution is -0.465. The molecule has 0 N–H and O–H groups in total. The van der Waals surface area contributed by atoms with Gasteiger partial charge >= 0.3 is 0 Å². The smallest absolute Gasteiger partial charge is 0.228 e. The maximum Gasteiger partial charge on any atom is 0.228 e. The van der Waals surface area contributed by atoms with Crippen LogP contribution in [0.1, 0.15) is 5.56 Å². The molecule has 1 aromatic rings. The molecule has 0 atom stereocenters. The summed E-state index contributed by atoms with van der Waals surface area (Å²) in [5.74, 6) is 0. The van der Waals surface area contributed by atoms with E-state index >= 15 is 0 Å². The van der Waals surface area contributed by atoms with Crippen molar-refractivity contribution in [2.45, 2.75) is 0 Å². The summed E-state index contributed by atoms with van der Waals surface area (Å²) in [5.41, 5.74) is 1.37. The molecule has 0 aromatic heterocycles. The molecule has 0 unspecified atom stereocenters. The van der Waals surface area contributed by atoms with Gasteiger partial charge in [-0.1, -0.05) is 36.9 Å². The molecule has 0 aliphatic rings. The van der Waals surface area contributed by atoms with E-state index in [-0.39, 0.29) is 11.5 Å². The molecule has 62 valence electrons. The number of benzene rings is 1. The number of hydrogen-bond donors (Lipinski definition) is 0. The van der Waals surface area contributed by atoms with Crippen LogP contribution in [0.3, 0.4) is 0 Å². The highest BCUT2D eigenvalue weighted by Gasteiger charge is 2.03. The van der Waals surface area contributed by atoms with Gasteiger partial charge < -0.3 is 0 Å². The van der Waals surface area contributed by atoms with Crippen LogP contribution in [0.5, 0.6) is 0 Å². The molecule has 0 aliphatic carbocycles. The zero-order valence-corrected chi connectivity index (χ0v) is 6.56. The van der Waals surface area contributed by atoms with Gasteiger partial charge in [0, 0.05) is 10.5 Å². The number of nitro groups is 1.